The molecule has 0 aliphatic carbocycles. The monoisotopic (exact) mass is 298 g/mol. The lowest BCUT2D eigenvalue weighted by Crippen LogP contribution is -2.14. The van der Waals surface area contributed by atoms with Gasteiger partial charge in [0.1, 0.15) is 0 Å². The number of alkyl halides is 1. The zero-order chi connectivity index (χ0) is 12.8. The molecule has 0 aromatic heterocycles. The third kappa shape index (κ3) is 3.66. The molecular formula is C13H15BrO3. The molecule has 1 aromatic rings. The maximum Gasteiger partial charge on any atom is 0.337 e. The summed E-state index contributed by atoms with van der Waals surface area (Å²) in [4.78, 5) is 23.0. The first kappa shape index (κ1) is 13.9. The maximum atomic E-state index is 11.9. The summed E-state index contributed by atoms with van der Waals surface area (Å²) < 4.78 is 4.59. The first-order valence-corrected chi connectivity index (χ1v) is 6.38. The molecule has 3 nitrogen and oxygen atoms in total. The van der Waals surface area contributed by atoms with Gasteiger partial charge in [-0.1, -0.05) is 41.4 Å². The summed E-state index contributed by atoms with van der Waals surface area (Å²) in [6.45, 7) is 2.03. The summed E-state index contributed by atoms with van der Waals surface area (Å²) in [6, 6.07) is 6.51. The molecule has 1 aromatic carbocycles. The van der Waals surface area contributed by atoms with Gasteiger partial charge < -0.3 is 4.74 Å². The second-order valence-electron chi connectivity index (χ2n) is 3.69. The molecule has 0 spiro atoms. The molecule has 0 saturated carbocycles. The van der Waals surface area contributed by atoms with Gasteiger partial charge in [0.2, 0.25) is 0 Å². The van der Waals surface area contributed by atoms with Crippen molar-refractivity contribution in [1.82, 2.24) is 0 Å². The normalized spacial score (nSPS) is 11.9. The lowest BCUT2D eigenvalue weighted by molar-refractivity contribution is 0.0600. The third-order valence-electron chi connectivity index (χ3n) is 2.42. The van der Waals surface area contributed by atoms with Crippen LogP contribution in [-0.4, -0.2) is 23.7 Å². The van der Waals surface area contributed by atoms with Crippen LogP contribution < -0.4 is 0 Å². The zero-order valence-electron chi connectivity index (χ0n) is 9.90. The standard InChI is InChI=1S/C13H15BrO3/c1-3-4-11(14)12(15)9-5-7-10(8-6-9)13(16)17-2/h5-8,11H,3-4H2,1-2H3. The number of carbonyl (C=O) groups is 2. The van der Waals surface area contributed by atoms with Crippen molar-refractivity contribution in [3.63, 3.8) is 0 Å². The number of hydrogen-bond acceptors (Lipinski definition) is 3. The number of rotatable bonds is 5. The minimum Gasteiger partial charge on any atom is -0.465 e. The summed E-state index contributed by atoms with van der Waals surface area (Å²) in [7, 11) is 1.33. The lowest BCUT2D eigenvalue weighted by Gasteiger charge is -2.07. The number of hydrogen-bond donors (Lipinski definition) is 0. The van der Waals surface area contributed by atoms with Gasteiger partial charge in [0.15, 0.2) is 5.78 Å². The number of carbonyl (C=O) groups excluding carboxylic acids is 2. The van der Waals surface area contributed by atoms with Crippen LogP contribution in [0.3, 0.4) is 0 Å². The van der Waals surface area contributed by atoms with E-state index in [2.05, 4.69) is 20.7 Å². The third-order valence-corrected chi connectivity index (χ3v) is 3.29. The fourth-order valence-corrected chi connectivity index (χ4v) is 2.18. The van der Waals surface area contributed by atoms with Crippen molar-refractivity contribution in [3.05, 3.63) is 35.4 Å². The van der Waals surface area contributed by atoms with Gasteiger partial charge >= 0.3 is 5.97 Å². The van der Waals surface area contributed by atoms with Crippen LogP contribution in [-0.2, 0) is 4.74 Å². The summed E-state index contributed by atoms with van der Waals surface area (Å²) in [5.41, 5.74) is 1.05. The molecular weight excluding hydrogens is 284 g/mol. The number of benzene rings is 1. The van der Waals surface area contributed by atoms with E-state index in [-0.39, 0.29) is 10.6 Å². The molecule has 1 atom stereocenters. The van der Waals surface area contributed by atoms with Crippen molar-refractivity contribution in [2.45, 2.75) is 24.6 Å². The van der Waals surface area contributed by atoms with Gasteiger partial charge in [-0.3, -0.25) is 4.79 Å². The van der Waals surface area contributed by atoms with Crippen LogP contribution in [0.2, 0.25) is 0 Å². The van der Waals surface area contributed by atoms with Gasteiger partial charge in [-0.2, -0.15) is 0 Å². The molecule has 17 heavy (non-hydrogen) atoms. The van der Waals surface area contributed by atoms with E-state index in [4.69, 9.17) is 0 Å². The minimum atomic E-state index is -0.395. The highest BCUT2D eigenvalue weighted by Crippen LogP contribution is 2.16. The Hall–Kier alpha value is -1.16. The molecule has 0 saturated heterocycles. The molecule has 0 radical (unpaired) electrons. The molecule has 92 valence electrons. The van der Waals surface area contributed by atoms with Crippen molar-refractivity contribution in [2.75, 3.05) is 7.11 Å². The van der Waals surface area contributed by atoms with Crippen LogP contribution in [0.5, 0.6) is 0 Å². The summed E-state index contributed by atoms with van der Waals surface area (Å²) >= 11 is 3.36. The average Bonchev–Trinajstić information content (AvgIpc) is 2.37. The second kappa shape index (κ2) is 6.55. The summed E-state index contributed by atoms with van der Waals surface area (Å²) in [5, 5.41) is 0. The Morgan fingerprint density at radius 2 is 1.76 bits per heavy atom. The van der Waals surface area contributed by atoms with E-state index in [1.165, 1.54) is 7.11 Å². The van der Waals surface area contributed by atoms with E-state index >= 15 is 0 Å². The van der Waals surface area contributed by atoms with Crippen LogP contribution in [0.15, 0.2) is 24.3 Å². The second-order valence-corrected chi connectivity index (χ2v) is 4.79. The highest BCUT2D eigenvalue weighted by atomic mass is 79.9. The topological polar surface area (TPSA) is 43.4 Å². The van der Waals surface area contributed by atoms with Gasteiger partial charge in [0.05, 0.1) is 17.5 Å². The van der Waals surface area contributed by atoms with Crippen LogP contribution >= 0.6 is 15.9 Å². The first-order chi connectivity index (χ1) is 8.10. The highest BCUT2D eigenvalue weighted by Gasteiger charge is 2.16. The highest BCUT2D eigenvalue weighted by molar-refractivity contribution is 9.10. The van der Waals surface area contributed by atoms with E-state index in [1.807, 2.05) is 6.92 Å². The van der Waals surface area contributed by atoms with Crippen molar-refractivity contribution in [3.8, 4) is 0 Å². The SMILES string of the molecule is CCCC(Br)C(=O)c1ccc(C(=O)OC)cc1. The van der Waals surface area contributed by atoms with Gasteiger partial charge in [-0.15, -0.1) is 0 Å². The average molecular weight is 299 g/mol. The number of halogens is 1. The van der Waals surface area contributed by atoms with E-state index < -0.39 is 5.97 Å². The Morgan fingerprint density at radius 3 is 2.24 bits per heavy atom. The van der Waals surface area contributed by atoms with Gasteiger partial charge in [-0.05, 0) is 18.6 Å². The molecule has 0 heterocycles. The molecule has 0 aliphatic rings. The first-order valence-electron chi connectivity index (χ1n) is 5.46. The van der Waals surface area contributed by atoms with E-state index in [0.717, 1.165) is 12.8 Å². The minimum absolute atomic E-state index is 0.0447. The Morgan fingerprint density at radius 1 is 1.24 bits per heavy atom. The van der Waals surface area contributed by atoms with Gasteiger partial charge in [0.25, 0.3) is 0 Å². The van der Waals surface area contributed by atoms with Gasteiger partial charge in [-0.25, -0.2) is 4.79 Å². The number of Topliss-reactive ketones (excluding diaryl/α,β-unsaturated/α-hetero) is 1. The number of methoxy groups -OCH3 is 1. The zero-order valence-corrected chi connectivity index (χ0v) is 11.5. The largest absolute Gasteiger partial charge is 0.465 e. The maximum absolute atomic E-state index is 11.9. The van der Waals surface area contributed by atoms with E-state index in [9.17, 15) is 9.59 Å². The number of ketones is 1. The van der Waals surface area contributed by atoms with Gasteiger partial charge in [0, 0.05) is 5.56 Å². The molecule has 1 rings (SSSR count). The fourth-order valence-electron chi connectivity index (χ4n) is 1.45. The van der Waals surface area contributed by atoms with E-state index in [0.29, 0.717) is 11.1 Å². The fraction of sp³-hybridized carbons (Fsp3) is 0.385. The van der Waals surface area contributed by atoms with Crippen molar-refractivity contribution in [1.29, 1.82) is 0 Å². The molecule has 4 heteroatoms. The smallest absolute Gasteiger partial charge is 0.337 e. The molecule has 0 amide bonds. The van der Waals surface area contributed by atoms with Crippen molar-refractivity contribution < 1.29 is 14.3 Å². The molecule has 0 fully saturated rings. The summed E-state index contributed by atoms with van der Waals surface area (Å²) in [6.07, 6.45) is 1.75. The quantitative estimate of drug-likeness (QED) is 0.476. The Kier molecular flexibility index (Phi) is 5.35. The molecule has 0 N–H and O–H groups in total. The number of ether oxygens (including phenoxy) is 1. The lowest BCUT2D eigenvalue weighted by atomic mass is 10.0. The molecule has 0 bridgehead atoms. The number of esters is 1. The Labute approximate surface area is 109 Å². The predicted molar refractivity (Wildman–Crippen MR) is 69.7 cm³/mol. The van der Waals surface area contributed by atoms with E-state index in [1.54, 1.807) is 24.3 Å². The van der Waals surface area contributed by atoms with Crippen LogP contribution in [0.1, 0.15) is 40.5 Å². The van der Waals surface area contributed by atoms with Crippen molar-refractivity contribution in [2.24, 2.45) is 0 Å². The van der Waals surface area contributed by atoms with Crippen LogP contribution in [0, 0.1) is 0 Å². The Balaban J connectivity index is 2.80. The van der Waals surface area contributed by atoms with Crippen molar-refractivity contribution >= 4 is 27.7 Å². The molecule has 1 unspecified atom stereocenters. The molecule has 0 aliphatic heterocycles. The van der Waals surface area contributed by atoms with Crippen LogP contribution in [0.4, 0.5) is 0 Å². The summed E-state index contributed by atoms with van der Waals surface area (Å²) in [5.74, 6) is -0.351. The predicted octanol–water partition coefficient (Wildman–Crippen LogP) is 3.22. The van der Waals surface area contributed by atoms with Crippen LogP contribution in [0.25, 0.3) is 0 Å². The Bertz CT molecular complexity index is 398.